The smallest absolute Gasteiger partial charge is 0.406 e. The van der Waals surface area contributed by atoms with Gasteiger partial charge in [0.15, 0.2) is 0 Å². The van der Waals surface area contributed by atoms with Gasteiger partial charge in [0.25, 0.3) is 0 Å². The van der Waals surface area contributed by atoms with Gasteiger partial charge in [0.2, 0.25) is 0 Å². The monoisotopic (exact) mass is 448 g/mol. The highest BCUT2D eigenvalue weighted by atomic mass is 127. The SMILES string of the molecule is FC(F)(F)Oc1ccc(-c2ccc(OC(F)(F)F)c(I)c2)cc1. The van der Waals surface area contributed by atoms with E-state index in [4.69, 9.17) is 0 Å². The average Bonchev–Trinajstić information content (AvgIpc) is 2.39. The summed E-state index contributed by atoms with van der Waals surface area (Å²) in [6.45, 7) is 0. The van der Waals surface area contributed by atoms with Crippen molar-refractivity contribution >= 4 is 22.6 Å². The lowest BCUT2D eigenvalue weighted by Crippen LogP contribution is -2.17. The Balaban J connectivity index is 2.21. The summed E-state index contributed by atoms with van der Waals surface area (Å²) < 4.78 is 80.6. The maximum Gasteiger partial charge on any atom is 0.573 e. The van der Waals surface area contributed by atoms with E-state index in [1.807, 2.05) is 0 Å². The molecular weight excluding hydrogens is 441 g/mol. The zero-order chi connectivity index (χ0) is 17.3. The minimum absolute atomic E-state index is 0.216. The van der Waals surface area contributed by atoms with Crippen LogP contribution in [0.1, 0.15) is 0 Å². The molecule has 0 atom stereocenters. The van der Waals surface area contributed by atoms with Gasteiger partial charge < -0.3 is 9.47 Å². The molecule has 0 saturated carbocycles. The molecule has 0 aliphatic carbocycles. The van der Waals surface area contributed by atoms with Crippen LogP contribution in [0.15, 0.2) is 42.5 Å². The van der Waals surface area contributed by atoms with Crippen molar-refractivity contribution < 1.29 is 35.8 Å². The molecule has 0 N–H and O–H groups in total. The van der Waals surface area contributed by atoms with E-state index >= 15 is 0 Å². The van der Waals surface area contributed by atoms with Gasteiger partial charge in [-0.3, -0.25) is 0 Å². The van der Waals surface area contributed by atoms with Gasteiger partial charge in [0, 0.05) is 0 Å². The Bertz CT molecular complexity index is 679. The third-order valence-corrected chi connectivity index (χ3v) is 3.42. The maximum absolute atomic E-state index is 12.2. The number of ether oxygens (including phenoxy) is 2. The lowest BCUT2D eigenvalue weighted by Gasteiger charge is -2.12. The summed E-state index contributed by atoms with van der Waals surface area (Å²) in [4.78, 5) is 0. The summed E-state index contributed by atoms with van der Waals surface area (Å²) in [7, 11) is 0. The van der Waals surface area contributed by atoms with Crippen molar-refractivity contribution in [3.8, 4) is 22.6 Å². The Morgan fingerprint density at radius 3 is 1.70 bits per heavy atom. The van der Waals surface area contributed by atoms with Crippen molar-refractivity contribution in [3.63, 3.8) is 0 Å². The molecule has 2 nitrogen and oxygen atoms in total. The second-order valence-corrected chi connectivity index (χ2v) is 5.43. The summed E-state index contributed by atoms with van der Waals surface area (Å²) in [6.07, 6.45) is -9.58. The first-order valence-corrected chi connectivity index (χ1v) is 7.03. The first-order chi connectivity index (χ1) is 10.5. The molecule has 2 aromatic rings. The second-order valence-electron chi connectivity index (χ2n) is 4.27. The second kappa shape index (κ2) is 6.46. The number of rotatable bonds is 3. The molecule has 23 heavy (non-hydrogen) atoms. The number of halogens is 7. The topological polar surface area (TPSA) is 18.5 Å². The van der Waals surface area contributed by atoms with E-state index < -0.39 is 12.7 Å². The van der Waals surface area contributed by atoms with Gasteiger partial charge in [-0.25, -0.2) is 0 Å². The van der Waals surface area contributed by atoms with Crippen molar-refractivity contribution in [3.05, 3.63) is 46.0 Å². The predicted octanol–water partition coefficient (Wildman–Crippen LogP) is 5.76. The van der Waals surface area contributed by atoms with Gasteiger partial charge in [-0.05, 0) is 58.0 Å². The molecular formula is C14H7F6IO2. The highest BCUT2D eigenvalue weighted by molar-refractivity contribution is 14.1. The molecule has 0 radical (unpaired) electrons. The Morgan fingerprint density at radius 1 is 0.696 bits per heavy atom. The first-order valence-electron chi connectivity index (χ1n) is 5.95. The van der Waals surface area contributed by atoms with Crippen molar-refractivity contribution in [1.29, 1.82) is 0 Å². The molecule has 124 valence electrons. The molecule has 0 aliphatic rings. The molecule has 0 saturated heterocycles. The van der Waals surface area contributed by atoms with E-state index in [-0.39, 0.29) is 15.1 Å². The van der Waals surface area contributed by atoms with E-state index in [1.54, 1.807) is 22.6 Å². The largest absolute Gasteiger partial charge is 0.573 e. The zero-order valence-corrected chi connectivity index (χ0v) is 13.2. The van der Waals surface area contributed by atoms with Gasteiger partial charge in [0.1, 0.15) is 11.5 Å². The van der Waals surface area contributed by atoms with Crippen molar-refractivity contribution in [1.82, 2.24) is 0 Å². The summed E-state index contributed by atoms with van der Waals surface area (Å²) in [6, 6.07) is 8.94. The molecule has 2 aromatic carbocycles. The molecule has 9 heteroatoms. The van der Waals surface area contributed by atoms with E-state index in [9.17, 15) is 26.3 Å². The van der Waals surface area contributed by atoms with Crippen LogP contribution in [0.5, 0.6) is 11.5 Å². The fourth-order valence-electron chi connectivity index (χ4n) is 1.74. The van der Waals surface area contributed by atoms with Crippen LogP contribution >= 0.6 is 22.6 Å². The van der Waals surface area contributed by atoms with Gasteiger partial charge in [-0.1, -0.05) is 18.2 Å². The Kier molecular flexibility index (Phi) is 4.97. The van der Waals surface area contributed by atoms with Crippen LogP contribution in [0, 0.1) is 3.57 Å². The minimum atomic E-state index is -4.79. The fraction of sp³-hybridized carbons (Fsp3) is 0.143. The normalized spacial score (nSPS) is 12.1. The summed E-state index contributed by atoms with van der Waals surface area (Å²) in [5, 5.41) is 0. The summed E-state index contributed by atoms with van der Waals surface area (Å²) >= 11 is 1.68. The van der Waals surface area contributed by atoms with Crippen molar-refractivity contribution in [2.75, 3.05) is 0 Å². The van der Waals surface area contributed by atoms with Gasteiger partial charge in [-0.2, -0.15) is 0 Å². The van der Waals surface area contributed by atoms with E-state index in [2.05, 4.69) is 9.47 Å². The third-order valence-electron chi connectivity index (χ3n) is 2.58. The Morgan fingerprint density at radius 2 is 1.22 bits per heavy atom. The van der Waals surface area contributed by atoms with Crippen LogP contribution in [-0.4, -0.2) is 12.7 Å². The Labute approximate surface area is 140 Å². The molecule has 0 bridgehead atoms. The van der Waals surface area contributed by atoms with E-state index in [1.165, 1.54) is 24.3 Å². The van der Waals surface area contributed by atoms with Crippen LogP contribution in [0.4, 0.5) is 26.3 Å². The number of hydrogen-bond donors (Lipinski definition) is 0. The zero-order valence-electron chi connectivity index (χ0n) is 11.0. The molecule has 0 aromatic heterocycles. The summed E-state index contributed by atoms with van der Waals surface area (Å²) in [5.74, 6) is -0.730. The maximum atomic E-state index is 12.2. The minimum Gasteiger partial charge on any atom is -0.406 e. The van der Waals surface area contributed by atoms with Crippen molar-refractivity contribution in [2.24, 2.45) is 0 Å². The summed E-state index contributed by atoms with van der Waals surface area (Å²) in [5.41, 5.74) is 1.05. The lowest BCUT2D eigenvalue weighted by molar-refractivity contribution is -0.275. The van der Waals surface area contributed by atoms with Crippen LogP contribution in [0.2, 0.25) is 0 Å². The van der Waals surface area contributed by atoms with Crippen LogP contribution < -0.4 is 9.47 Å². The average molecular weight is 448 g/mol. The molecule has 0 aliphatic heterocycles. The molecule has 2 rings (SSSR count). The van der Waals surface area contributed by atoms with Crippen LogP contribution in [0.3, 0.4) is 0 Å². The van der Waals surface area contributed by atoms with E-state index in [0.29, 0.717) is 11.1 Å². The quantitative estimate of drug-likeness (QED) is 0.440. The molecule has 0 heterocycles. The number of hydrogen-bond acceptors (Lipinski definition) is 2. The van der Waals surface area contributed by atoms with Gasteiger partial charge in [-0.15, -0.1) is 26.3 Å². The highest BCUT2D eigenvalue weighted by Crippen LogP contribution is 2.32. The Hall–Kier alpha value is -1.65. The molecule has 0 fully saturated rings. The first kappa shape index (κ1) is 17.7. The highest BCUT2D eigenvalue weighted by Gasteiger charge is 2.32. The van der Waals surface area contributed by atoms with E-state index in [0.717, 1.165) is 18.2 Å². The lowest BCUT2D eigenvalue weighted by atomic mass is 10.1. The molecule has 0 spiro atoms. The predicted molar refractivity (Wildman–Crippen MR) is 78.0 cm³/mol. The van der Waals surface area contributed by atoms with Gasteiger partial charge >= 0.3 is 12.7 Å². The molecule has 0 unspecified atom stereocenters. The molecule has 0 amide bonds. The number of alkyl halides is 6. The van der Waals surface area contributed by atoms with Crippen molar-refractivity contribution in [2.45, 2.75) is 12.7 Å². The van der Waals surface area contributed by atoms with Crippen LogP contribution in [-0.2, 0) is 0 Å². The van der Waals surface area contributed by atoms with Crippen LogP contribution in [0.25, 0.3) is 11.1 Å². The van der Waals surface area contributed by atoms with Gasteiger partial charge in [0.05, 0.1) is 3.57 Å². The fourth-order valence-corrected chi connectivity index (χ4v) is 2.36. The number of benzene rings is 2. The third kappa shape index (κ3) is 5.48. The standard InChI is InChI=1S/C14H7F6IO2/c15-13(16,17)22-10-4-1-8(2-5-10)9-3-6-12(11(21)7-9)23-14(18,19)20/h1-7H.